The largest absolute Gasteiger partial charge is 0.294 e. The molecule has 2 aromatic carbocycles. The molecular weight excluding hydrogens is 230 g/mol. The van der Waals surface area contributed by atoms with Crippen molar-refractivity contribution in [1.82, 2.24) is 0 Å². The number of carbonyl (C=O) groups excluding carboxylic acids is 1. The molecule has 0 saturated carbocycles. The van der Waals surface area contributed by atoms with Crippen LogP contribution in [0.25, 0.3) is 11.1 Å². The number of hydrogen-bond acceptors (Lipinski definition) is 3. The molecule has 0 bridgehead atoms. The Morgan fingerprint density at radius 3 is 2.28 bits per heavy atom. The van der Waals surface area contributed by atoms with Crippen LogP contribution in [0.1, 0.15) is 17.3 Å². The van der Waals surface area contributed by atoms with E-state index in [2.05, 4.69) is 0 Å². The second-order valence-corrected chi connectivity index (χ2v) is 3.91. The highest BCUT2D eigenvalue weighted by Crippen LogP contribution is 2.27. The van der Waals surface area contributed by atoms with E-state index >= 15 is 0 Å². The summed E-state index contributed by atoms with van der Waals surface area (Å²) in [4.78, 5) is 21.8. The third-order valence-electron chi connectivity index (χ3n) is 2.68. The van der Waals surface area contributed by atoms with Crippen molar-refractivity contribution in [2.45, 2.75) is 6.92 Å². The first-order valence-electron chi connectivity index (χ1n) is 5.44. The van der Waals surface area contributed by atoms with Gasteiger partial charge in [0.25, 0.3) is 5.69 Å². The second kappa shape index (κ2) is 4.79. The molecule has 0 atom stereocenters. The molecule has 2 rings (SSSR count). The highest BCUT2D eigenvalue weighted by atomic mass is 16.6. The summed E-state index contributed by atoms with van der Waals surface area (Å²) in [6, 6.07) is 14.0. The van der Waals surface area contributed by atoms with Gasteiger partial charge in [0.2, 0.25) is 0 Å². The number of nitrogens with zero attached hydrogens (tertiary/aromatic N) is 1. The standard InChI is InChI=1S/C14H11NO3/c1-10(16)13-8-7-12(9-14(13)15(17)18)11-5-3-2-4-6-11/h2-9H,1H3. The maximum atomic E-state index is 11.3. The lowest BCUT2D eigenvalue weighted by Gasteiger charge is -2.04. The summed E-state index contributed by atoms with van der Waals surface area (Å²) < 4.78 is 0. The van der Waals surface area contributed by atoms with Crippen LogP contribution >= 0.6 is 0 Å². The van der Waals surface area contributed by atoms with Crippen LogP contribution in [0.2, 0.25) is 0 Å². The minimum atomic E-state index is -0.525. The monoisotopic (exact) mass is 241 g/mol. The molecule has 2 aromatic rings. The van der Waals surface area contributed by atoms with Crippen molar-refractivity contribution in [1.29, 1.82) is 0 Å². The summed E-state index contributed by atoms with van der Waals surface area (Å²) in [5.41, 5.74) is 1.60. The smallest absolute Gasteiger partial charge is 0.280 e. The van der Waals surface area contributed by atoms with Gasteiger partial charge < -0.3 is 0 Å². The Hall–Kier alpha value is -2.49. The molecule has 4 heteroatoms. The Labute approximate surface area is 104 Å². The zero-order valence-electron chi connectivity index (χ0n) is 9.79. The lowest BCUT2D eigenvalue weighted by atomic mass is 10.0. The number of Topliss-reactive ketones (excluding diaryl/α,β-unsaturated/α-hetero) is 1. The fourth-order valence-electron chi connectivity index (χ4n) is 1.79. The molecular formula is C14H11NO3. The first kappa shape index (κ1) is 12.0. The van der Waals surface area contributed by atoms with Crippen molar-refractivity contribution in [3.63, 3.8) is 0 Å². The Bertz CT molecular complexity index is 606. The van der Waals surface area contributed by atoms with Crippen molar-refractivity contribution >= 4 is 11.5 Å². The molecule has 0 N–H and O–H groups in total. The van der Waals surface area contributed by atoms with E-state index in [1.54, 1.807) is 6.07 Å². The van der Waals surface area contributed by atoms with Crippen LogP contribution in [-0.2, 0) is 0 Å². The Kier molecular flexibility index (Phi) is 3.19. The van der Waals surface area contributed by atoms with Gasteiger partial charge in [-0.3, -0.25) is 14.9 Å². The highest BCUT2D eigenvalue weighted by Gasteiger charge is 2.18. The molecule has 0 saturated heterocycles. The second-order valence-electron chi connectivity index (χ2n) is 3.91. The first-order valence-corrected chi connectivity index (χ1v) is 5.44. The molecule has 18 heavy (non-hydrogen) atoms. The molecule has 0 unspecified atom stereocenters. The normalized spacial score (nSPS) is 10.1. The minimum absolute atomic E-state index is 0.139. The summed E-state index contributed by atoms with van der Waals surface area (Å²) in [6.45, 7) is 1.32. The maximum Gasteiger partial charge on any atom is 0.280 e. The summed E-state index contributed by atoms with van der Waals surface area (Å²) in [7, 11) is 0. The predicted octanol–water partition coefficient (Wildman–Crippen LogP) is 3.46. The van der Waals surface area contributed by atoms with Gasteiger partial charge in [-0.15, -0.1) is 0 Å². The Balaban J connectivity index is 2.57. The van der Waals surface area contributed by atoms with Crippen molar-refractivity contribution in [3.8, 4) is 11.1 Å². The fraction of sp³-hybridized carbons (Fsp3) is 0.0714. The molecule has 0 aliphatic heterocycles. The van der Waals surface area contributed by atoms with Gasteiger partial charge in [-0.05, 0) is 24.1 Å². The number of hydrogen-bond donors (Lipinski definition) is 0. The van der Waals surface area contributed by atoms with E-state index in [1.807, 2.05) is 30.3 Å². The average molecular weight is 241 g/mol. The minimum Gasteiger partial charge on any atom is -0.294 e. The average Bonchev–Trinajstić information content (AvgIpc) is 2.39. The van der Waals surface area contributed by atoms with Crippen LogP contribution in [0.15, 0.2) is 48.5 Å². The van der Waals surface area contributed by atoms with E-state index in [0.29, 0.717) is 0 Å². The van der Waals surface area contributed by atoms with Crippen molar-refractivity contribution in [2.24, 2.45) is 0 Å². The third kappa shape index (κ3) is 2.27. The van der Waals surface area contributed by atoms with Gasteiger partial charge >= 0.3 is 0 Å². The molecule has 0 heterocycles. The van der Waals surface area contributed by atoms with Crippen LogP contribution in [0.5, 0.6) is 0 Å². The van der Waals surface area contributed by atoms with E-state index in [-0.39, 0.29) is 17.0 Å². The van der Waals surface area contributed by atoms with E-state index in [4.69, 9.17) is 0 Å². The quantitative estimate of drug-likeness (QED) is 0.469. The van der Waals surface area contributed by atoms with Crippen molar-refractivity contribution in [2.75, 3.05) is 0 Å². The summed E-state index contributed by atoms with van der Waals surface area (Å²) in [5, 5.41) is 11.0. The molecule has 0 amide bonds. The molecule has 0 aromatic heterocycles. The predicted molar refractivity (Wildman–Crippen MR) is 68.5 cm³/mol. The number of nitro groups is 1. The van der Waals surface area contributed by atoms with Crippen LogP contribution in [0, 0.1) is 10.1 Å². The van der Waals surface area contributed by atoms with Crippen LogP contribution < -0.4 is 0 Å². The number of nitro benzene ring substituents is 1. The highest BCUT2D eigenvalue weighted by molar-refractivity contribution is 5.98. The summed E-state index contributed by atoms with van der Waals surface area (Å²) in [6.07, 6.45) is 0. The number of rotatable bonds is 3. The molecule has 90 valence electrons. The maximum absolute atomic E-state index is 11.3. The van der Waals surface area contributed by atoms with Gasteiger partial charge in [-0.1, -0.05) is 36.4 Å². The Morgan fingerprint density at radius 2 is 1.72 bits per heavy atom. The molecule has 0 aliphatic rings. The van der Waals surface area contributed by atoms with E-state index in [1.165, 1.54) is 19.1 Å². The van der Waals surface area contributed by atoms with Crippen LogP contribution in [0.3, 0.4) is 0 Å². The molecule has 0 aliphatic carbocycles. The number of carbonyl (C=O) groups is 1. The van der Waals surface area contributed by atoms with E-state index < -0.39 is 4.92 Å². The van der Waals surface area contributed by atoms with E-state index in [0.717, 1.165) is 11.1 Å². The van der Waals surface area contributed by atoms with Gasteiger partial charge in [0, 0.05) is 6.07 Å². The number of benzene rings is 2. The zero-order valence-corrected chi connectivity index (χ0v) is 9.79. The Morgan fingerprint density at radius 1 is 1.06 bits per heavy atom. The summed E-state index contributed by atoms with van der Waals surface area (Å²) in [5.74, 6) is -0.304. The van der Waals surface area contributed by atoms with Crippen molar-refractivity contribution in [3.05, 3.63) is 64.2 Å². The van der Waals surface area contributed by atoms with Crippen LogP contribution in [0.4, 0.5) is 5.69 Å². The summed E-state index contributed by atoms with van der Waals surface area (Å²) >= 11 is 0. The molecule has 0 radical (unpaired) electrons. The zero-order chi connectivity index (χ0) is 13.1. The van der Waals surface area contributed by atoms with Gasteiger partial charge in [-0.25, -0.2) is 0 Å². The molecule has 0 spiro atoms. The number of ketones is 1. The topological polar surface area (TPSA) is 60.2 Å². The lowest BCUT2D eigenvalue weighted by molar-refractivity contribution is -0.385. The van der Waals surface area contributed by atoms with E-state index in [9.17, 15) is 14.9 Å². The van der Waals surface area contributed by atoms with Crippen LogP contribution in [-0.4, -0.2) is 10.7 Å². The fourth-order valence-corrected chi connectivity index (χ4v) is 1.79. The van der Waals surface area contributed by atoms with Gasteiger partial charge in [-0.2, -0.15) is 0 Å². The lowest BCUT2D eigenvalue weighted by Crippen LogP contribution is -2.00. The molecule has 0 fully saturated rings. The molecule has 4 nitrogen and oxygen atoms in total. The van der Waals surface area contributed by atoms with Gasteiger partial charge in [0.15, 0.2) is 5.78 Å². The SMILES string of the molecule is CC(=O)c1ccc(-c2ccccc2)cc1[N+](=O)[O-]. The third-order valence-corrected chi connectivity index (χ3v) is 2.68. The van der Waals surface area contributed by atoms with Crippen molar-refractivity contribution < 1.29 is 9.72 Å². The first-order chi connectivity index (χ1) is 8.59. The van der Waals surface area contributed by atoms with Gasteiger partial charge in [0.05, 0.1) is 10.5 Å². The van der Waals surface area contributed by atoms with Gasteiger partial charge in [0.1, 0.15) is 0 Å².